The predicted octanol–water partition coefficient (Wildman–Crippen LogP) is 6.07. The number of fused-ring (bicyclic) bond motifs is 2. The Morgan fingerprint density at radius 2 is 1.82 bits per heavy atom. The Kier molecular flexibility index (Phi) is 7.66. The number of nitrogens with zero attached hydrogens (tertiary/aromatic N) is 1. The Hall–Kier alpha value is -1.95. The van der Waals surface area contributed by atoms with Gasteiger partial charge in [0, 0.05) is 40.1 Å². The minimum absolute atomic E-state index is 0.0430. The summed E-state index contributed by atoms with van der Waals surface area (Å²) in [5.74, 6) is 1.57. The monoisotopic (exact) mass is 505 g/mol. The van der Waals surface area contributed by atoms with Gasteiger partial charge >= 0.3 is 5.97 Å². The van der Waals surface area contributed by atoms with Gasteiger partial charge in [0.05, 0.1) is 19.6 Å². The van der Waals surface area contributed by atoms with Crippen molar-refractivity contribution in [1.29, 1.82) is 0 Å². The average Bonchev–Trinajstić information content (AvgIpc) is 3.12. The summed E-state index contributed by atoms with van der Waals surface area (Å²) < 4.78 is 17.5. The van der Waals surface area contributed by atoms with Crippen LogP contribution >= 0.6 is 23.2 Å². The number of hydrogen-bond donors (Lipinski definition) is 0. The molecule has 0 aromatic heterocycles. The quantitative estimate of drug-likeness (QED) is 0.427. The lowest BCUT2D eigenvalue weighted by molar-refractivity contribution is -0.155. The number of ether oxygens (including phenoxy) is 3. The second-order valence-corrected chi connectivity index (χ2v) is 11.0. The SMILES string of the molecule is CC(C)(C)OC(=O)CCN1CCC2(CC1)COc1cc(OCCc3c(Cl)cccc3Cl)ccc12. The zero-order valence-corrected chi connectivity index (χ0v) is 21.7. The van der Waals surface area contributed by atoms with Crippen LogP contribution in [0.4, 0.5) is 0 Å². The van der Waals surface area contributed by atoms with Gasteiger partial charge in [-0.25, -0.2) is 0 Å². The normalized spacial score (nSPS) is 17.3. The van der Waals surface area contributed by atoms with Gasteiger partial charge in [0.2, 0.25) is 0 Å². The van der Waals surface area contributed by atoms with Crippen molar-refractivity contribution in [3.63, 3.8) is 0 Å². The molecule has 0 amide bonds. The Morgan fingerprint density at radius 1 is 1.12 bits per heavy atom. The minimum atomic E-state index is -0.432. The highest BCUT2D eigenvalue weighted by atomic mass is 35.5. The molecule has 0 unspecified atom stereocenters. The smallest absolute Gasteiger partial charge is 0.307 e. The summed E-state index contributed by atoms with van der Waals surface area (Å²) in [4.78, 5) is 14.4. The lowest BCUT2D eigenvalue weighted by atomic mass is 9.74. The van der Waals surface area contributed by atoms with Crippen molar-refractivity contribution in [2.75, 3.05) is 32.8 Å². The third-order valence-corrected chi connectivity index (χ3v) is 7.28. The summed E-state index contributed by atoms with van der Waals surface area (Å²) >= 11 is 12.5. The number of hydrogen-bond acceptors (Lipinski definition) is 5. The van der Waals surface area contributed by atoms with Gasteiger partial charge in [-0.1, -0.05) is 35.3 Å². The molecule has 2 aliphatic heterocycles. The number of rotatable bonds is 7. The molecule has 0 N–H and O–H groups in total. The van der Waals surface area contributed by atoms with Crippen LogP contribution in [0.15, 0.2) is 36.4 Å². The van der Waals surface area contributed by atoms with E-state index >= 15 is 0 Å². The van der Waals surface area contributed by atoms with Crippen molar-refractivity contribution in [2.45, 2.75) is 57.5 Å². The summed E-state index contributed by atoms with van der Waals surface area (Å²) in [6.07, 6.45) is 3.09. The summed E-state index contributed by atoms with van der Waals surface area (Å²) in [5, 5.41) is 1.32. The largest absolute Gasteiger partial charge is 0.493 e. The molecule has 34 heavy (non-hydrogen) atoms. The van der Waals surface area contributed by atoms with E-state index in [4.69, 9.17) is 37.4 Å². The van der Waals surface area contributed by atoms with E-state index in [1.807, 2.05) is 51.1 Å². The topological polar surface area (TPSA) is 48.0 Å². The van der Waals surface area contributed by atoms with E-state index in [-0.39, 0.29) is 11.4 Å². The zero-order valence-electron chi connectivity index (χ0n) is 20.2. The second-order valence-electron chi connectivity index (χ2n) is 10.2. The maximum absolute atomic E-state index is 12.0. The van der Waals surface area contributed by atoms with E-state index in [0.29, 0.717) is 36.1 Å². The van der Waals surface area contributed by atoms with Gasteiger partial charge in [0.25, 0.3) is 0 Å². The maximum atomic E-state index is 12.0. The number of halogens is 2. The minimum Gasteiger partial charge on any atom is -0.493 e. The van der Waals surface area contributed by atoms with Crippen LogP contribution in [-0.2, 0) is 21.4 Å². The second kappa shape index (κ2) is 10.3. The fraction of sp³-hybridized carbons (Fsp3) is 0.519. The highest BCUT2D eigenvalue weighted by molar-refractivity contribution is 6.35. The van der Waals surface area contributed by atoms with E-state index < -0.39 is 5.60 Å². The Balaban J connectivity index is 1.29. The van der Waals surface area contributed by atoms with Crippen LogP contribution in [0, 0.1) is 0 Å². The van der Waals surface area contributed by atoms with Crippen molar-refractivity contribution in [3.05, 3.63) is 57.6 Å². The van der Waals surface area contributed by atoms with E-state index in [1.165, 1.54) is 5.56 Å². The van der Waals surface area contributed by atoms with Gasteiger partial charge in [-0.3, -0.25) is 4.79 Å². The first-order chi connectivity index (χ1) is 16.2. The van der Waals surface area contributed by atoms with Crippen LogP contribution in [-0.4, -0.2) is 49.3 Å². The Morgan fingerprint density at radius 3 is 2.50 bits per heavy atom. The number of carbonyl (C=O) groups is 1. The number of benzene rings is 2. The van der Waals surface area contributed by atoms with Crippen molar-refractivity contribution in [1.82, 2.24) is 4.90 Å². The standard InChI is InChI=1S/C27H33Cl2NO4/c1-26(2,3)34-25(31)9-13-30-14-11-27(12-15-30)18-33-24-17-19(7-8-21(24)27)32-16-10-20-22(28)5-4-6-23(20)29/h4-8,17H,9-16,18H2,1-3H3. The molecule has 0 aliphatic carbocycles. The molecule has 0 bridgehead atoms. The van der Waals surface area contributed by atoms with Crippen molar-refractivity contribution >= 4 is 29.2 Å². The zero-order chi connectivity index (χ0) is 24.3. The van der Waals surface area contributed by atoms with Crippen LogP contribution in [0.1, 0.15) is 51.2 Å². The van der Waals surface area contributed by atoms with Crippen molar-refractivity contribution in [2.24, 2.45) is 0 Å². The van der Waals surface area contributed by atoms with Crippen LogP contribution < -0.4 is 9.47 Å². The molecule has 2 aromatic rings. The fourth-order valence-electron chi connectivity index (χ4n) is 4.75. The third-order valence-electron chi connectivity index (χ3n) is 6.58. The number of carbonyl (C=O) groups excluding carboxylic acids is 1. The lowest BCUT2D eigenvalue weighted by Crippen LogP contribution is -2.44. The molecule has 1 fully saturated rings. The first-order valence-corrected chi connectivity index (χ1v) is 12.7. The van der Waals surface area contributed by atoms with E-state index in [1.54, 1.807) is 0 Å². The molecule has 0 saturated carbocycles. The summed E-state index contributed by atoms with van der Waals surface area (Å²) in [7, 11) is 0. The van der Waals surface area contributed by atoms with Gasteiger partial charge in [-0.2, -0.15) is 0 Å². The fourth-order valence-corrected chi connectivity index (χ4v) is 5.33. The molecule has 4 rings (SSSR count). The Bertz CT molecular complexity index is 1010. The highest BCUT2D eigenvalue weighted by Crippen LogP contribution is 2.46. The third kappa shape index (κ3) is 5.99. The van der Waals surface area contributed by atoms with Gasteiger partial charge in [-0.15, -0.1) is 0 Å². The van der Waals surface area contributed by atoms with Gasteiger partial charge in [-0.05, 0) is 70.5 Å². The first-order valence-electron chi connectivity index (χ1n) is 11.9. The number of esters is 1. The number of likely N-dealkylation sites (tertiary alicyclic amines) is 1. The molecular weight excluding hydrogens is 473 g/mol. The molecule has 1 spiro atoms. The lowest BCUT2D eigenvalue weighted by Gasteiger charge is -2.38. The maximum Gasteiger partial charge on any atom is 0.307 e. The average molecular weight is 506 g/mol. The van der Waals surface area contributed by atoms with Crippen molar-refractivity contribution in [3.8, 4) is 11.5 Å². The van der Waals surface area contributed by atoms with E-state index in [0.717, 1.165) is 49.5 Å². The molecule has 2 heterocycles. The molecule has 1 saturated heterocycles. The van der Waals surface area contributed by atoms with Crippen molar-refractivity contribution < 1.29 is 19.0 Å². The number of piperidine rings is 1. The summed E-state index contributed by atoms with van der Waals surface area (Å²) in [6, 6.07) is 11.7. The molecule has 0 atom stereocenters. The first kappa shape index (κ1) is 25.2. The van der Waals surface area contributed by atoms with E-state index in [9.17, 15) is 4.79 Å². The van der Waals surface area contributed by atoms with E-state index in [2.05, 4.69) is 11.0 Å². The molecular formula is C27H33Cl2NO4. The molecule has 0 radical (unpaired) electrons. The Labute approximate surface area is 212 Å². The molecule has 5 nitrogen and oxygen atoms in total. The predicted molar refractivity (Wildman–Crippen MR) is 135 cm³/mol. The molecule has 2 aromatic carbocycles. The molecule has 184 valence electrons. The van der Waals surface area contributed by atoms with Crippen LogP contribution in [0.2, 0.25) is 10.0 Å². The summed E-state index contributed by atoms with van der Waals surface area (Å²) in [6.45, 7) is 9.51. The van der Waals surface area contributed by atoms with Gasteiger partial charge in [0.1, 0.15) is 17.1 Å². The summed E-state index contributed by atoms with van der Waals surface area (Å²) in [5.41, 5.74) is 1.78. The molecule has 7 heteroatoms. The van der Waals surface area contributed by atoms with Crippen LogP contribution in [0.5, 0.6) is 11.5 Å². The highest BCUT2D eigenvalue weighted by Gasteiger charge is 2.43. The van der Waals surface area contributed by atoms with Crippen LogP contribution in [0.3, 0.4) is 0 Å². The molecule has 2 aliphatic rings. The van der Waals surface area contributed by atoms with Gasteiger partial charge < -0.3 is 19.1 Å². The van der Waals surface area contributed by atoms with Gasteiger partial charge in [0.15, 0.2) is 0 Å². The van der Waals surface area contributed by atoms with Crippen LogP contribution in [0.25, 0.3) is 0 Å².